The number of benzene rings is 1. The quantitative estimate of drug-likeness (QED) is 0.626. The first kappa shape index (κ1) is 15.1. The summed E-state index contributed by atoms with van der Waals surface area (Å²) >= 11 is 12.4. The largest absolute Gasteiger partial charge is 0.379 e. The van der Waals surface area contributed by atoms with E-state index in [1.54, 1.807) is 4.90 Å². The molecule has 1 amide bonds. The Morgan fingerprint density at radius 3 is 2.48 bits per heavy atom. The van der Waals surface area contributed by atoms with Crippen molar-refractivity contribution in [2.24, 2.45) is 0 Å². The van der Waals surface area contributed by atoms with Gasteiger partial charge >= 0.3 is 0 Å². The molecule has 2 fully saturated rings. The number of hydrogen-bond donors (Lipinski definition) is 0. The first-order valence-corrected chi connectivity index (χ1v) is 7.90. The van der Waals surface area contributed by atoms with Gasteiger partial charge in [-0.2, -0.15) is 0 Å². The van der Waals surface area contributed by atoms with Crippen molar-refractivity contribution in [3.05, 3.63) is 35.9 Å². The standard InChI is InChI=1S/C15H18Cl2N2O2/c16-15(17)13(12-4-2-1-3-5-12)19(14(15)20)7-6-18-8-10-21-11-9-18/h1-5,13H,6-11H2. The van der Waals surface area contributed by atoms with Crippen LogP contribution in [0.4, 0.5) is 0 Å². The van der Waals surface area contributed by atoms with Gasteiger partial charge < -0.3 is 9.64 Å². The third kappa shape index (κ3) is 2.90. The molecule has 0 radical (unpaired) electrons. The van der Waals surface area contributed by atoms with E-state index >= 15 is 0 Å². The van der Waals surface area contributed by atoms with E-state index in [2.05, 4.69) is 4.90 Å². The lowest BCUT2D eigenvalue weighted by Gasteiger charge is -2.50. The lowest BCUT2D eigenvalue weighted by molar-refractivity contribution is -0.148. The second kappa shape index (κ2) is 6.13. The Bertz CT molecular complexity index is 504. The molecule has 0 aliphatic carbocycles. The van der Waals surface area contributed by atoms with Gasteiger partial charge in [-0.1, -0.05) is 53.5 Å². The van der Waals surface area contributed by atoms with Crippen LogP contribution in [-0.2, 0) is 9.53 Å². The van der Waals surface area contributed by atoms with E-state index in [0.29, 0.717) is 6.54 Å². The number of β-lactam (4-membered cyclic amide) rings is 1. The van der Waals surface area contributed by atoms with Gasteiger partial charge in [0.15, 0.2) is 0 Å². The zero-order valence-electron chi connectivity index (χ0n) is 11.7. The Kier molecular flexibility index (Phi) is 4.41. The van der Waals surface area contributed by atoms with Crippen molar-refractivity contribution in [1.29, 1.82) is 0 Å². The molecule has 2 heterocycles. The van der Waals surface area contributed by atoms with Gasteiger partial charge in [0.05, 0.1) is 19.3 Å². The van der Waals surface area contributed by atoms with E-state index in [0.717, 1.165) is 38.4 Å². The van der Waals surface area contributed by atoms with Gasteiger partial charge in [-0.3, -0.25) is 9.69 Å². The highest BCUT2D eigenvalue weighted by Crippen LogP contribution is 2.50. The van der Waals surface area contributed by atoms with Crippen molar-refractivity contribution in [2.75, 3.05) is 39.4 Å². The molecule has 1 aromatic rings. The lowest BCUT2D eigenvalue weighted by atomic mass is 9.92. The number of rotatable bonds is 4. The molecular formula is C15H18Cl2N2O2. The third-order valence-corrected chi connectivity index (χ3v) is 4.81. The van der Waals surface area contributed by atoms with Crippen LogP contribution in [0.2, 0.25) is 0 Å². The number of halogens is 2. The van der Waals surface area contributed by atoms with Crippen molar-refractivity contribution >= 4 is 29.1 Å². The van der Waals surface area contributed by atoms with Crippen LogP contribution in [-0.4, -0.2) is 59.4 Å². The van der Waals surface area contributed by atoms with E-state index < -0.39 is 4.33 Å². The smallest absolute Gasteiger partial charge is 0.262 e. The Morgan fingerprint density at radius 2 is 1.81 bits per heavy atom. The Hall–Kier alpha value is -0.810. The Labute approximate surface area is 134 Å². The fourth-order valence-corrected chi connectivity index (χ4v) is 3.59. The predicted molar refractivity (Wildman–Crippen MR) is 82.6 cm³/mol. The minimum atomic E-state index is -1.34. The molecule has 2 saturated heterocycles. The number of likely N-dealkylation sites (tertiary alicyclic amines) is 1. The average molecular weight is 329 g/mol. The number of ether oxygens (including phenoxy) is 1. The SMILES string of the molecule is O=C1N(CCN2CCOCC2)C(c2ccccc2)C1(Cl)Cl. The predicted octanol–water partition coefficient (Wildman–Crippen LogP) is 2.08. The molecule has 2 aliphatic heterocycles. The summed E-state index contributed by atoms with van der Waals surface area (Å²) in [5, 5.41) is 0. The molecule has 1 unspecified atom stereocenters. The molecule has 0 spiro atoms. The van der Waals surface area contributed by atoms with Crippen molar-refractivity contribution in [3.63, 3.8) is 0 Å². The molecule has 2 aliphatic rings. The summed E-state index contributed by atoms with van der Waals surface area (Å²) in [7, 11) is 0. The molecule has 21 heavy (non-hydrogen) atoms. The van der Waals surface area contributed by atoms with Crippen LogP contribution < -0.4 is 0 Å². The lowest BCUT2D eigenvalue weighted by Crippen LogP contribution is -2.63. The monoisotopic (exact) mass is 328 g/mol. The number of nitrogens with zero attached hydrogens (tertiary/aromatic N) is 2. The molecule has 6 heteroatoms. The molecule has 1 aromatic carbocycles. The summed E-state index contributed by atoms with van der Waals surface area (Å²) in [5.41, 5.74) is 0.976. The highest BCUT2D eigenvalue weighted by molar-refractivity contribution is 6.60. The fourth-order valence-electron chi connectivity index (χ4n) is 2.88. The van der Waals surface area contributed by atoms with E-state index in [1.807, 2.05) is 30.3 Å². The van der Waals surface area contributed by atoms with Crippen molar-refractivity contribution in [2.45, 2.75) is 10.4 Å². The highest BCUT2D eigenvalue weighted by atomic mass is 35.5. The maximum absolute atomic E-state index is 12.2. The summed E-state index contributed by atoms with van der Waals surface area (Å²) in [6, 6.07) is 9.45. The fraction of sp³-hybridized carbons (Fsp3) is 0.533. The molecular weight excluding hydrogens is 311 g/mol. The topological polar surface area (TPSA) is 32.8 Å². The molecule has 3 rings (SSSR count). The number of carbonyl (C=O) groups is 1. The van der Waals surface area contributed by atoms with E-state index in [1.165, 1.54) is 0 Å². The minimum absolute atomic E-state index is 0.201. The van der Waals surface area contributed by atoms with Crippen LogP contribution >= 0.6 is 23.2 Å². The van der Waals surface area contributed by atoms with Crippen LogP contribution in [0.25, 0.3) is 0 Å². The maximum Gasteiger partial charge on any atom is 0.262 e. The van der Waals surface area contributed by atoms with Crippen LogP contribution in [0.1, 0.15) is 11.6 Å². The maximum atomic E-state index is 12.2. The first-order valence-electron chi connectivity index (χ1n) is 7.14. The molecule has 114 valence electrons. The van der Waals surface area contributed by atoms with Gasteiger partial charge in [0.1, 0.15) is 0 Å². The van der Waals surface area contributed by atoms with Crippen LogP contribution in [0, 0.1) is 0 Å². The van der Waals surface area contributed by atoms with Gasteiger partial charge in [-0.25, -0.2) is 0 Å². The summed E-state index contributed by atoms with van der Waals surface area (Å²) in [4.78, 5) is 16.2. The molecule has 0 bridgehead atoms. The van der Waals surface area contributed by atoms with Crippen molar-refractivity contribution in [3.8, 4) is 0 Å². The summed E-state index contributed by atoms with van der Waals surface area (Å²) in [5.74, 6) is -0.201. The first-order chi connectivity index (χ1) is 10.1. The highest BCUT2D eigenvalue weighted by Gasteiger charge is 2.59. The zero-order chi connectivity index (χ0) is 14.9. The number of hydrogen-bond acceptors (Lipinski definition) is 3. The van der Waals surface area contributed by atoms with Crippen LogP contribution in [0.5, 0.6) is 0 Å². The minimum Gasteiger partial charge on any atom is -0.379 e. The van der Waals surface area contributed by atoms with Gasteiger partial charge in [-0.15, -0.1) is 0 Å². The molecule has 1 atom stereocenters. The average Bonchev–Trinajstić information content (AvgIpc) is 2.52. The number of carbonyl (C=O) groups excluding carboxylic acids is 1. The molecule has 0 saturated carbocycles. The summed E-state index contributed by atoms with van der Waals surface area (Å²) < 4.78 is 3.99. The van der Waals surface area contributed by atoms with Crippen molar-refractivity contribution in [1.82, 2.24) is 9.80 Å². The summed E-state index contributed by atoms with van der Waals surface area (Å²) in [6.45, 7) is 4.79. The number of amides is 1. The van der Waals surface area contributed by atoms with E-state index in [4.69, 9.17) is 27.9 Å². The van der Waals surface area contributed by atoms with Gasteiger partial charge in [-0.05, 0) is 5.56 Å². The van der Waals surface area contributed by atoms with Gasteiger partial charge in [0, 0.05) is 26.2 Å². The Balaban J connectivity index is 1.67. The van der Waals surface area contributed by atoms with Crippen LogP contribution in [0.3, 0.4) is 0 Å². The normalized spacial score (nSPS) is 25.7. The zero-order valence-corrected chi connectivity index (χ0v) is 13.2. The van der Waals surface area contributed by atoms with Crippen LogP contribution in [0.15, 0.2) is 30.3 Å². The van der Waals surface area contributed by atoms with E-state index in [-0.39, 0.29) is 11.9 Å². The van der Waals surface area contributed by atoms with Crippen molar-refractivity contribution < 1.29 is 9.53 Å². The van der Waals surface area contributed by atoms with Gasteiger partial charge in [0.25, 0.3) is 5.91 Å². The number of alkyl halides is 2. The summed E-state index contributed by atoms with van der Waals surface area (Å²) in [6.07, 6.45) is 0. The second-order valence-corrected chi connectivity index (χ2v) is 6.77. The molecule has 4 nitrogen and oxygen atoms in total. The molecule has 0 aromatic heterocycles. The number of morpholine rings is 1. The Morgan fingerprint density at radius 1 is 1.14 bits per heavy atom. The second-order valence-electron chi connectivity index (χ2n) is 5.39. The van der Waals surface area contributed by atoms with Gasteiger partial charge in [0.2, 0.25) is 4.33 Å². The van der Waals surface area contributed by atoms with E-state index in [9.17, 15) is 4.79 Å². The third-order valence-electron chi connectivity index (χ3n) is 4.08. The molecule has 0 N–H and O–H groups in total.